The third-order valence-corrected chi connectivity index (χ3v) is 2.96. The first-order chi connectivity index (χ1) is 6.77. The summed E-state index contributed by atoms with van der Waals surface area (Å²) < 4.78 is 0. The molecule has 0 spiro atoms. The second-order valence-electron chi connectivity index (χ2n) is 4.62. The molecular formula is C13H19N. The number of rotatable bonds is 4. The number of hydrogen-bond donors (Lipinski definition) is 1. The Bertz CT molecular complexity index is 273. The largest absolute Gasteiger partial charge is 0.382 e. The van der Waals surface area contributed by atoms with Crippen LogP contribution < -0.4 is 5.32 Å². The number of benzene rings is 1. The Morgan fingerprint density at radius 1 is 1.14 bits per heavy atom. The molecule has 1 saturated carbocycles. The molecule has 1 atom stereocenters. The van der Waals surface area contributed by atoms with E-state index in [-0.39, 0.29) is 0 Å². The normalized spacial score (nSPS) is 18.2. The number of anilines is 1. The van der Waals surface area contributed by atoms with Crippen molar-refractivity contribution >= 4 is 5.69 Å². The summed E-state index contributed by atoms with van der Waals surface area (Å²) >= 11 is 0. The van der Waals surface area contributed by atoms with Crippen LogP contribution in [0, 0.1) is 11.8 Å². The zero-order chi connectivity index (χ0) is 9.97. The standard InChI is InChI=1S/C13H19N/c1-10(2)13(11-8-9-11)14-12-6-4-3-5-7-12/h3-7,10-11,13-14H,8-9H2,1-2H3. The van der Waals surface area contributed by atoms with Gasteiger partial charge in [-0.1, -0.05) is 32.0 Å². The monoisotopic (exact) mass is 189 g/mol. The molecule has 0 aliphatic heterocycles. The lowest BCUT2D eigenvalue weighted by Gasteiger charge is -2.23. The molecule has 0 bridgehead atoms. The summed E-state index contributed by atoms with van der Waals surface area (Å²) in [5.41, 5.74) is 1.26. The minimum Gasteiger partial charge on any atom is -0.382 e. The molecule has 1 unspecified atom stereocenters. The molecule has 0 amide bonds. The van der Waals surface area contributed by atoms with Gasteiger partial charge in [-0.05, 0) is 36.8 Å². The van der Waals surface area contributed by atoms with Gasteiger partial charge < -0.3 is 5.32 Å². The van der Waals surface area contributed by atoms with Gasteiger partial charge in [0, 0.05) is 11.7 Å². The van der Waals surface area contributed by atoms with Gasteiger partial charge in [0.25, 0.3) is 0 Å². The van der Waals surface area contributed by atoms with E-state index in [9.17, 15) is 0 Å². The lowest BCUT2D eigenvalue weighted by Crippen LogP contribution is -2.27. The molecule has 0 radical (unpaired) electrons. The highest BCUT2D eigenvalue weighted by molar-refractivity contribution is 5.43. The number of para-hydroxylation sites is 1. The summed E-state index contributed by atoms with van der Waals surface area (Å²) in [5, 5.41) is 3.64. The van der Waals surface area contributed by atoms with Crippen molar-refractivity contribution < 1.29 is 0 Å². The molecule has 1 N–H and O–H groups in total. The zero-order valence-electron chi connectivity index (χ0n) is 9.03. The summed E-state index contributed by atoms with van der Waals surface area (Å²) in [6.45, 7) is 4.61. The van der Waals surface area contributed by atoms with Gasteiger partial charge in [-0.25, -0.2) is 0 Å². The Morgan fingerprint density at radius 3 is 2.29 bits per heavy atom. The highest BCUT2D eigenvalue weighted by atomic mass is 14.9. The quantitative estimate of drug-likeness (QED) is 0.764. The Kier molecular flexibility index (Phi) is 2.76. The summed E-state index contributed by atoms with van der Waals surface area (Å²) in [5.74, 6) is 1.64. The molecule has 1 heteroatoms. The van der Waals surface area contributed by atoms with Crippen LogP contribution in [-0.2, 0) is 0 Å². The number of hydrogen-bond acceptors (Lipinski definition) is 1. The molecule has 0 aromatic heterocycles. The average molecular weight is 189 g/mol. The molecule has 14 heavy (non-hydrogen) atoms. The lowest BCUT2D eigenvalue weighted by molar-refractivity contribution is 0.477. The zero-order valence-corrected chi connectivity index (χ0v) is 9.03. The van der Waals surface area contributed by atoms with E-state index in [2.05, 4.69) is 49.5 Å². The van der Waals surface area contributed by atoms with Crippen LogP contribution in [0.5, 0.6) is 0 Å². The topological polar surface area (TPSA) is 12.0 Å². The predicted molar refractivity (Wildman–Crippen MR) is 61.4 cm³/mol. The van der Waals surface area contributed by atoms with E-state index in [1.54, 1.807) is 0 Å². The van der Waals surface area contributed by atoms with E-state index in [1.165, 1.54) is 18.5 Å². The van der Waals surface area contributed by atoms with Gasteiger partial charge in [0.15, 0.2) is 0 Å². The maximum Gasteiger partial charge on any atom is 0.0342 e. The average Bonchev–Trinajstić information content (AvgIpc) is 2.99. The SMILES string of the molecule is CC(C)C(Nc1ccccc1)C1CC1. The van der Waals surface area contributed by atoms with Crippen LogP contribution in [0.15, 0.2) is 30.3 Å². The van der Waals surface area contributed by atoms with Gasteiger partial charge in [0.1, 0.15) is 0 Å². The second kappa shape index (κ2) is 4.04. The summed E-state index contributed by atoms with van der Waals surface area (Å²) in [7, 11) is 0. The van der Waals surface area contributed by atoms with Crippen molar-refractivity contribution in [2.75, 3.05) is 5.32 Å². The smallest absolute Gasteiger partial charge is 0.0342 e. The van der Waals surface area contributed by atoms with Gasteiger partial charge in [-0.3, -0.25) is 0 Å². The fourth-order valence-electron chi connectivity index (χ4n) is 2.01. The van der Waals surface area contributed by atoms with Crippen molar-refractivity contribution in [3.8, 4) is 0 Å². The fourth-order valence-corrected chi connectivity index (χ4v) is 2.01. The van der Waals surface area contributed by atoms with Crippen molar-refractivity contribution in [2.24, 2.45) is 11.8 Å². The van der Waals surface area contributed by atoms with Crippen molar-refractivity contribution in [3.63, 3.8) is 0 Å². The van der Waals surface area contributed by atoms with Crippen LogP contribution in [0.1, 0.15) is 26.7 Å². The minimum absolute atomic E-state index is 0.664. The van der Waals surface area contributed by atoms with Gasteiger partial charge >= 0.3 is 0 Å². The van der Waals surface area contributed by atoms with Crippen molar-refractivity contribution in [1.29, 1.82) is 0 Å². The molecule has 76 valence electrons. The van der Waals surface area contributed by atoms with E-state index in [0.717, 1.165) is 11.8 Å². The van der Waals surface area contributed by atoms with E-state index in [4.69, 9.17) is 0 Å². The van der Waals surface area contributed by atoms with Crippen LogP contribution in [0.4, 0.5) is 5.69 Å². The molecule has 1 fully saturated rings. The molecular weight excluding hydrogens is 170 g/mol. The van der Waals surface area contributed by atoms with Crippen LogP contribution >= 0.6 is 0 Å². The Labute approximate surface area is 86.5 Å². The van der Waals surface area contributed by atoms with Crippen LogP contribution in [0.2, 0.25) is 0 Å². The lowest BCUT2D eigenvalue weighted by atomic mass is 9.99. The third kappa shape index (κ3) is 2.28. The van der Waals surface area contributed by atoms with Crippen molar-refractivity contribution in [2.45, 2.75) is 32.7 Å². The Hall–Kier alpha value is -0.980. The van der Waals surface area contributed by atoms with Crippen LogP contribution in [0.3, 0.4) is 0 Å². The molecule has 0 heterocycles. The van der Waals surface area contributed by atoms with Crippen molar-refractivity contribution in [1.82, 2.24) is 0 Å². The van der Waals surface area contributed by atoms with Gasteiger partial charge in [0.2, 0.25) is 0 Å². The van der Waals surface area contributed by atoms with E-state index < -0.39 is 0 Å². The molecule has 2 rings (SSSR count). The van der Waals surface area contributed by atoms with Crippen LogP contribution in [-0.4, -0.2) is 6.04 Å². The van der Waals surface area contributed by atoms with Gasteiger partial charge in [0.05, 0.1) is 0 Å². The molecule has 1 aromatic carbocycles. The maximum absolute atomic E-state index is 3.64. The fraction of sp³-hybridized carbons (Fsp3) is 0.538. The first-order valence-electron chi connectivity index (χ1n) is 5.59. The molecule has 1 aliphatic rings. The summed E-state index contributed by atoms with van der Waals surface area (Å²) in [6.07, 6.45) is 2.81. The first kappa shape index (κ1) is 9.57. The molecule has 0 saturated heterocycles. The summed E-state index contributed by atoms with van der Waals surface area (Å²) in [6, 6.07) is 11.2. The van der Waals surface area contributed by atoms with E-state index in [1.807, 2.05) is 0 Å². The maximum atomic E-state index is 3.64. The highest BCUT2D eigenvalue weighted by Crippen LogP contribution is 2.37. The second-order valence-corrected chi connectivity index (χ2v) is 4.62. The van der Waals surface area contributed by atoms with E-state index in [0.29, 0.717) is 6.04 Å². The van der Waals surface area contributed by atoms with Crippen molar-refractivity contribution in [3.05, 3.63) is 30.3 Å². The van der Waals surface area contributed by atoms with Gasteiger partial charge in [-0.15, -0.1) is 0 Å². The Morgan fingerprint density at radius 2 is 1.79 bits per heavy atom. The minimum atomic E-state index is 0.664. The molecule has 1 aromatic rings. The predicted octanol–water partition coefficient (Wildman–Crippen LogP) is 3.53. The number of nitrogens with one attached hydrogen (secondary N) is 1. The third-order valence-electron chi connectivity index (χ3n) is 2.96. The molecule has 1 aliphatic carbocycles. The van der Waals surface area contributed by atoms with E-state index >= 15 is 0 Å². The Balaban J connectivity index is 2.00. The van der Waals surface area contributed by atoms with Crippen LogP contribution in [0.25, 0.3) is 0 Å². The highest BCUT2D eigenvalue weighted by Gasteiger charge is 2.32. The van der Waals surface area contributed by atoms with Gasteiger partial charge in [-0.2, -0.15) is 0 Å². The summed E-state index contributed by atoms with van der Waals surface area (Å²) in [4.78, 5) is 0. The molecule has 1 nitrogen and oxygen atoms in total. The first-order valence-corrected chi connectivity index (χ1v) is 5.59.